The van der Waals surface area contributed by atoms with Crippen molar-refractivity contribution in [3.05, 3.63) is 45.8 Å². The van der Waals surface area contributed by atoms with Crippen LogP contribution in [0, 0.1) is 6.92 Å². The summed E-state index contributed by atoms with van der Waals surface area (Å²) in [7, 11) is 1.52. The summed E-state index contributed by atoms with van der Waals surface area (Å²) >= 11 is 1.38. The number of methoxy groups -OCH3 is 1. The zero-order valence-corrected chi connectivity index (χ0v) is 16.0. The molecule has 0 saturated heterocycles. The Morgan fingerprint density at radius 2 is 1.92 bits per heavy atom. The number of thiophene rings is 1. The molecule has 0 unspecified atom stereocenters. The minimum atomic E-state index is -0.411. The van der Waals surface area contributed by atoms with Crippen LogP contribution >= 0.6 is 11.3 Å². The number of aryl methyl sites for hydroxylation is 1. The monoisotopic (exact) mass is 361 g/mol. The van der Waals surface area contributed by atoms with Gasteiger partial charge in [0.25, 0.3) is 5.91 Å². The molecule has 0 aliphatic rings. The van der Waals surface area contributed by atoms with Gasteiger partial charge >= 0.3 is 5.97 Å². The summed E-state index contributed by atoms with van der Waals surface area (Å²) in [5.41, 5.74) is 1.77. The van der Waals surface area contributed by atoms with E-state index in [1.807, 2.05) is 13.8 Å². The molecule has 5 nitrogen and oxygen atoms in total. The Morgan fingerprint density at radius 3 is 2.52 bits per heavy atom. The van der Waals surface area contributed by atoms with Gasteiger partial charge in [0.2, 0.25) is 0 Å². The summed E-state index contributed by atoms with van der Waals surface area (Å²) in [6.45, 7) is 7.52. The Morgan fingerprint density at radius 1 is 1.24 bits per heavy atom. The molecule has 1 aromatic carbocycles. The molecule has 1 aromatic heterocycles. The van der Waals surface area contributed by atoms with Crippen LogP contribution < -0.4 is 10.1 Å². The number of para-hydroxylation sites is 1. The van der Waals surface area contributed by atoms with E-state index in [2.05, 4.69) is 5.32 Å². The topological polar surface area (TPSA) is 64.6 Å². The number of nitrogens with one attached hydrogen (secondary N) is 1. The lowest BCUT2D eigenvalue weighted by molar-refractivity contribution is 0.0378. The zero-order chi connectivity index (χ0) is 18.6. The van der Waals surface area contributed by atoms with Gasteiger partial charge in [-0.3, -0.25) is 4.79 Å². The average molecular weight is 361 g/mol. The lowest BCUT2D eigenvalue weighted by atomic mass is 10.1. The minimum absolute atomic E-state index is 0.227. The molecular weight excluding hydrogens is 338 g/mol. The molecule has 134 valence electrons. The van der Waals surface area contributed by atoms with E-state index in [0.29, 0.717) is 28.3 Å². The highest BCUT2D eigenvalue weighted by Crippen LogP contribution is 2.35. The summed E-state index contributed by atoms with van der Waals surface area (Å²) < 4.78 is 10.6. The lowest BCUT2D eigenvalue weighted by Crippen LogP contribution is -2.17. The van der Waals surface area contributed by atoms with Gasteiger partial charge in [0.05, 0.1) is 24.3 Å². The predicted octanol–water partition coefficient (Wildman–Crippen LogP) is 4.45. The third kappa shape index (κ3) is 4.20. The van der Waals surface area contributed by atoms with E-state index in [9.17, 15) is 9.59 Å². The zero-order valence-electron chi connectivity index (χ0n) is 15.1. The van der Waals surface area contributed by atoms with Crippen LogP contribution in [0.3, 0.4) is 0 Å². The Bertz CT molecular complexity index is 780. The second-order valence-corrected chi connectivity index (χ2v) is 7.03. The molecule has 0 fully saturated rings. The van der Waals surface area contributed by atoms with Gasteiger partial charge in [-0.2, -0.15) is 0 Å². The maximum atomic E-state index is 12.7. The van der Waals surface area contributed by atoms with Crippen LogP contribution in [0.4, 0.5) is 5.00 Å². The molecular formula is C19H23NO4S. The Hall–Kier alpha value is -2.34. The van der Waals surface area contributed by atoms with Gasteiger partial charge in [-0.25, -0.2) is 4.79 Å². The summed E-state index contributed by atoms with van der Waals surface area (Å²) in [5.74, 6) is -0.248. The largest absolute Gasteiger partial charge is 0.496 e. The first-order valence-corrected chi connectivity index (χ1v) is 8.98. The highest BCUT2D eigenvalue weighted by atomic mass is 32.1. The molecule has 25 heavy (non-hydrogen) atoms. The van der Waals surface area contributed by atoms with Crippen molar-refractivity contribution in [3.63, 3.8) is 0 Å². The fourth-order valence-electron chi connectivity index (χ4n) is 2.58. The molecule has 0 saturated carbocycles. The van der Waals surface area contributed by atoms with Crippen LogP contribution in [0.25, 0.3) is 0 Å². The number of hydrogen-bond donors (Lipinski definition) is 1. The third-order valence-electron chi connectivity index (χ3n) is 3.69. The number of anilines is 1. The quantitative estimate of drug-likeness (QED) is 0.772. The van der Waals surface area contributed by atoms with Gasteiger partial charge in [-0.05, 0) is 44.9 Å². The Kier molecular flexibility index (Phi) is 6.20. The van der Waals surface area contributed by atoms with Gasteiger partial charge in [0.1, 0.15) is 10.8 Å². The number of ether oxygens (including phenoxy) is 2. The SMILES string of the molecule is CCc1c(C)sc(NC(=O)c2ccccc2OC)c1C(=O)OC(C)C. The van der Waals surface area contributed by atoms with Crippen molar-refractivity contribution in [1.82, 2.24) is 0 Å². The van der Waals surface area contributed by atoms with Crippen LogP contribution in [0.5, 0.6) is 5.75 Å². The molecule has 1 amide bonds. The van der Waals surface area contributed by atoms with Gasteiger partial charge in [-0.15, -0.1) is 11.3 Å². The predicted molar refractivity (Wildman–Crippen MR) is 99.9 cm³/mol. The Balaban J connectivity index is 2.39. The second kappa shape index (κ2) is 8.16. The summed E-state index contributed by atoms with van der Waals surface area (Å²) in [4.78, 5) is 26.2. The fourth-order valence-corrected chi connectivity index (χ4v) is 3.71. The first-order chi connectivity index (χ1) is 11.9. The van der Waals surface area contributed by atoms with Crippen LogP contribution in [0.2, 0.25) is 0 Å². The molecule has 0 spiro atoms. The highest BCUT2D eigenvalue weighted by Gasteiger charge is 2.25. The van der Waals surface area contributed by atoms with Crippen molar-refractivity contribution >= 4 is 28.2 Å². The van der Waals surface area contributed by atoms with E-state index in [1.165, 1.54) is 18.4 Å². The van der Waals surface area contributed by atoms with E-state index in [1.54, 1.807) is 38.1 Å². The van der Waals surface area contributed by atoms with Crippen LogP contribution in [0.1, 0.15) is 51.9 Å². The van der Waals surface area contributed by atoms with Gasteiger partial charge in [0, 0.05) is 4.88 Å². The van der Waals surface area contributed by atoms with Gasteiger partial charge in [0.15, 0.2) is 0 Å². The molecule has 0 aliphatic heterocycles. The molecule has 1 N–H and O–H groups in total. The second-order valence-electron chi connectivity index (χ2n) is 5.80. The van der Waals surface area contributed by atoms with E-state index >= 15 is 0 Å². The lowest BCUT2D eigenvalue weighted by Gasteiger charge is -2.12. The number of carbonyl (C=O) groups is 2. The van der Waals surface area contributed by atoms with Crippen molar-refractivity contribution in [2.75, 3.05) is 12.4 Å². The van der Waals surface area contributed by atoms with Crippen LogP contribution in [0.15, 0.2) is 24.3 Å². The van der Waals surface area contributed by atoms with Crippen molar-refractivity contribution < 1.29 is 19.1 Å². The molecule has 0 radical (unpaired) electrons. The standard InChI is InChI=1S/C19H23NO4S/c1-6-13-12(4)25-18(16(13)19(22)24-11(2)3)20-17(21)14-9-7-8-10-15(14)23-5/h7-11H,6H2,1-5H3,(H,20,21). The Labute approximate surface area is 152 Å². The van der Waals surface area contributed by atoms with E-state index in [0.717, 1.165) is 10.4 Å². The molecule has 6 heteroatoms. The van der Waals surface area contributed by atoms with Gasteiger partial charge in [-0.1, -0.05) is 19.1 Å². The van der Waals surface area contributed by atoms with Crippen molar-refractivity contribution in [2.45, 2.75) is 40.2 Å². The van der Waals surface area contributed by atoms with E-state index < -0.39 is 5.97 Å². The number of benzene rings is 1. The number of amides is 1. The molecule has 0 atom stereocenters. The van der Waals surface area contributed by atoms with Crippen molar-refractivity contribution in [2.24, 2.45) is 0 Å². The number of hydrogen-bond acceptors (Lipinski definition) is 5. The van der Waals surface area contributed by atoms with E-state index in [4.69, 9.17) is 9.47 Å². The minimum Gasteiger partial charge on any atom is -0.496 e. The smallest absolute Gasteiger partial charge is 0.341 e. The maximum Gasteiger partial charge on any atom is 0.341 e. The third-order valence-corrected chi connectivity index (χ3v) is 4.75. The van der Waals surface area contributed by atoms with E-state index in [-0.39, 0.29) is 12.0 Å². The first-order valence-electron chi connectivity index (χ1n) is 8.16. The average Bonchev–Trinajstić information content (AvgIpc) is 2.89. The first kappa shape index (κ1) is 19.0. The number of carbonyl (C=O) groups excluding carboxylic acids is 2. The number of esters is 1. The summed E-state index contributed by atoms with van der Waals surface area (Å²) in [6, 6.07) is 6.97. The normalized spacial score (nSPS) is 10.6. The summed E-state index contributed by atoms with van der Waals surface area (Å²) in [5, 5.41) is 3.36. The molecule has 2 aromatic rings. The van der Waals surface area contributed by atoms with Crippen LogP contribution in [-0.2, 0) is 11.2 Å². The van der Waals surface area contributed by atoms with Crippen molar-refractivity contribution in [1.29, 1.82) is 0 Å². The molecule has 0 aliphatic carbocycles. The van der Waals surface area contributed by atoms with Crippen LogP contribution in [-0.4, -0.2) is 25.1 Å². The molecule has 2 rings (SSSR count). The summed E-state index contributed by atoms with van der Waals surface area (Å²) in [6.07, 6.45) is 0.463. The fraction of sp³-hybridized carbons (Fsp3) is 0.368. The highest BCUT2D eigenvalue weighted by molar-refractivity contribution is 7.16. The van der Waals surface area contributed by atoms with Gasteiger partial charge < -0.3 is 14.8 Å². The number of rotatable bonds is 6. The van der Waals surface area contributed by atoms with Crippen molar-refractivity contribution in [3.8, 4) is 5.75 Å². The molecule has 0 bridgehead atoms. The molecule has 1 heterocycles. The maximum absolute atomic E-state index is 12.7.